The molecule has 0 bridgehead atoms. The van der Waals surface area contributed by atoms with Crippen LogP contribution in [0.15, 0.2) is 51.9 Å². The number of esters is 1. The third-order valence-electron chi connectivity index (χ3n) is 4.67. The summed E-state index contributed by atoms with van der Waals surface area (Å²) in [4.78, 5) is 26.0. The van der Waals surface area contributed by atoms with Crippen molar-refractivity contribution in [2.24, 2.45) is 0 Å². The Morgan fingerprint density at radius 3 is 2.69 bits per heavy atom. The van der Waals surface area contributed by atoms with Gasteiger partial charge in [-0.2, -0.15) is 5.26 Å². The normalized spacial score (nSPS) is 11.5. The van der Waals surface area contributed by atoms with Crippen molar-refractivity contribution in [2.45, 2.75) is 37.5 Å². The predicted molar refractivity (Wildman–Crippen MR) is 122 cm³/mol. The molecule has 0 fully saturated rings. The molecule has 0 aliphatic heterocycles. The molecule has 1 amide bonds. The average Bonchev–Trinajstić information content (AvgIpc) is 3.09. The molecule has 1 aromatic heterocycles. The molecular weight excluding hydrogens is 450 g/mol. The molecule has 1 heterocycles. The van der Waals surface area contributed by atoms with E-state index in [-0.39, 0.29) is 5.02 Å². The number of anilines is 1. The van der Waals surface area contributed by atoms with Crippen LogP contribution in [-0.4, -0.2) is 23.1 Å². The van der Waals surface area contributed by atoms with E-state index in [2.05, 4.69) is 10.5 Å². The van der Waals surface area contributed by atoms with E-state index >= 15 is 0 Å². The first-order valence-electron chi connectivity index (χ1n) is 9.65. The number of carbonyl (C=O) groups excluding carboxylic acids is 2. The van der Waals surface area contributed by atoms with Crippen molar-refractivity contribution >= 4 is 40.9 Å². The zero-order valence-electron chi connectivity index (χ0n) is 17.6. The number of aryl methyl sites for hydroxylation is 2. The van der Waals surface area contributed by atoms with Crippen molar-refractivity contribution in [1.82, 2.24) is 5.16 Å². The van der Waals surface area contributed by atoms with Gasteiger partial charge in [-0.25, -0.2) is 4.79 Å². The van der Waals surface area contributed by atoms with E-state index < -0.39 is 18.0 Å². The fourth-order valence-electron chi connectivity index (χ4n) is 2.82. The van der Waals surface area contributed by atoms with Gasteiger partial charge in [0.1, 0.15) is 11.8 Å². The number of thioether (sulfide) groups is 1. The van der Waals surface area contributed by atoms with Crippen molar-refractivity contribution in [2.75, 3.05) is 5.32 Å². The molecule has 1 atom stereocenters. The van der Waals surface area contributed by atoms with Gasteiger partial charge in [-0.05, 0) is 51.1 Å². The summed E-state index contributed by atoms with van der Waals surface area (Å²) in [5.74, 6) is 0.205. The molecule has 0 aliphatic rings. The molecule has 0 saturated carbocycles. The third-order valence-corrected chi connectivity index (χ3v) is 6.08. The lowest BCUT2D eigenvalue weighted by Gasteiger charge is -2.15. The molecule has 164 valence electrons. The number of nitrogens with one attached hydrogen (secondary N) is 1. The van der Waals surface area contributed by atoms with Crippen LogP contribution in [0.1, 0.15) is 39.9 Å². The molecule has 1 N–H and O–H groups in total. The Morgan fingerprint density at radius 2 is 2.03 bits per heavy atom. The number of hydrogen-bond acceptors (Lipinski definition) is 7. The van der Waals surface area contributed by atoms with Crippen LogP contribution in [-0.2, 0) is 15.3 Å². The quantitative estimate of drug-likeness (QED) is 0.370. The maximum Gasteiger partial charge on any atom is 0.340 e. The van der Waals surface area contributed by atoms with Crippen molar-refractivity contribution in [1.29, 1.82) is 5.26 Å². The number of nitriles is 1. The van der Waals surface area contributed by atoms with Crippen LogP contribution in [0.25, 0.3) is 0 Å². The Balaban J connectivity index is 1.65. The fraction of sp³-hybridized carbons (Fsp3) is 0.217. The molecule has 3 rings (SSSR count). The Hall–Kier alpha value is -3.28. The lowest BCUT2D eigenvalue weighted by atomic mass is 10.2. The van der Waals surface area contributed by atoms with E-state index in [1.165, 1.54) is 30.8 Å². The summed E-state index contributed by atoms with van der Waals surface area (Å²) >= 11 is 7.45. The molecule has 2 aromatic carbocycles. The van der Waals surface area contributed by atoms with E-state index in [4.69, 9.17) is 26.1 Å². The van der Waals surface area contributed by atoms with Gasteiger partial charge in [0.15, 0.2) is 6.10 Å². The fourth-order valence-corrected chi connectivity index (χ4v) is 4.24. The largest absolute Gasteiger partial charge is 0.449 e. The number of ether oxygens (including phenoxy) is 1. The van der Waals surface area contributed by atoms with Gasteiger partial charge in [-0.1, -0.05) is 28.9 Å². The standard InChI is InChI=1S/C23H20ClN3O4S/c1-13-19(14(2)31-27-13)12-32-21-7-5-4-6-18(21)23(29)30-15(3)22(28)26-17-9-8-16(11-25)20(24)10-17/h4-10,15H,12H2,1-3H3,(H,26,28). The summed E-state index contributed by atoms with van der Waals surface area (Å²) in [5.41, 5.74) is 2.85. The second-order valence-corrected chi connectivity index (χ2v) is 8.36. The van der Waals surface area contributed by atoms with Gasteiger partial charge >= 0.3 is 5.97 Å². The van der Waals surface area contributed by atoms with E-state index in [0.29, 0.717) is 22.6 Å². The molecule has 9 heteroatoms. The number of amides is 1. The van der Waals surface area contributed by atoms with E-state index in [9.17, 15) is 9.59 Å². The van der Waals surface area contributed by atoms with Gasteiger partial charge < -0.3 is 14.6 Å². The molecule has 1 unspecified atom stereocenters. The van der Waals surface area contributed by atoms with Gasteiger partial charge in [-0.3, -0.25) is 4.79 Å². The zero-order valence-corrected chi connectivity index (χ0v) is 19.2. The second-order valence-electron chi connectivity index (χ2n) is 6.93. The summed E-state index contributed by atoms with van der Waals surface area (Å²) < 4.78 is 10.6. The minimum Gasteiger partial charge on any atom is -0.449 e. The van der Waals surface area contributed by atoms with Crippen LogP contribution < -0.4 is 5.32 Å². The lowest BCUT2D eigenvalue weighted by Crippen LogP contribution is -2.30. The van der Waals surface area contributed by atoms with Crippen molar-refractivity contribution in [3.8, 4) is 6.07 Å². The molecule has 0 radical (unpaired) electrons. The Bertz CT molecular complexity index is 1180. The topological polar surface area (TPSA) is 105 Å². The highest BCUT2D eigenvalue weighted by Crippen LogP contribution is 2.29. The maximum atomic E-state index is 12.8. The highest BCUT2D eigenvalue weighted by Gasteiger charge is 2.22. The summed E-state index contributed by atoms with van der Waals surface area (Å²) in [6, 6.07) is 13.5. The summed E-state index contributed by atoms with van der Waals surface area (Å²) in [7, 11) is 0. The highest BCUT2D eigenvalue weighted by atomic mass is 35.5. The first-order chi connectivity index (χ1) is 15.3. The smallest absolute Gasteiger partial charge is 0.340 e. The Labute approximate surface area is 194 Å². The zero-order chi connectivity index (χ0) is 23.3. The molecule has 7 nitrogen and oxygen atoms in total. The molecular formula is C23H20ClN3O4S. The van der Waals surface area contributed by atoms with Crippen molar-refractivity contribution < 1.29 is 18.8 Å². The van der Waals surface area contributed by atoms with Crippen LogP contribution in [0.3, 0.4) is 0 Å². The summed E-state index contributed by atoms with van der Waals surface area (Å²) in [6.07, 6.45) is -1.04. The second kappa shape index (κ2) is 10.4. The van der Waals surface area contributed by atoms with Gasteiger partial charge in [-0.15, -0.1) is 11.8 Å². The third kappa shape index (κ3) is 5.49. The van der Waals surface area contributed by atoms with Crippen LogP contribution in [0, 0.1) is 25.2 Å². The number of halogens is 1. The molecule has 3 aromatic rings. The van der Waals surface area contributed by atoms with E-state index in [0.717, 1.165) is 21.9 Å². The average molecular weight is 470 g/mol. The van der Waals surface area contributed by atoms with Gasteiger partial charge in [0.25, 0.3) is 5.91 Å². The number of benzene rings is 2. The van der Waals surface area contributed by atoms with Gasteiger partial charge in [0, 0.05) is 21.9 Å². The van der Waals surface area contributed by atoms with Crippen LogP contribution in [0.2, 0.25) is 5.02 Å². The Kier molecular flexibility index (Phi) is 7.57. The Morgan fingerprint density at radius 1 is 1.28 bits per heavy atom. The molecule has 0 spiro atoms. The highest BCUT2D eigenvalue weighted by molar-refractivity contribution is 7.98. The number of rotatable bonds is 7. The van der Waals surface area contributed by atoms with Crippen LogP contribution in [0.5, 0.6) is 0 Å². The first-order valence-corrected chi connectivity index (χ1v) is 11.0. The van der Waals surface area contributed by atoms with Gasteiger partial charge in [0.2, 0.25) is 0 Å². The molecule has 0 saturated heterocycles. The number of aromatic nitrogens is 1. The minimum absolute atomic E-state index is 0.221. The number of nitrogens with zero attached hydrogens (tertiary/aromatic N) is 2. The SMILES string of the molecule is Cc1noc(C)c1CSc1ccccc1C(=O)OC(C)C(=O)Nc1ccc(C#N)c(Cl)c1. The number of carbonyl (C=O) groups is 2. The van der Waals surface area contributed by atoms with E-state index in [1.54, 1.807) is 18.2 Å². The van der Waals surface area contributed by atoms with Gasteiger partial charge in [0.05, 0.1) is 21.8 Å². The van der Waals surface area contributed by atoms with Crippen LogP contribution >= 0.6 is 23.4 Å². The van der Waals surface area contributed by atoms with Crippen LogP contribution in [0.4, 0.5) is 5.69 Å². The van der Waals surface area contributed by atoms with Crippen molar-refractivity contribution in [3.05, 3.63) is 75.6 Å². The lowest BCUT2D eigenvalue weighted by molar-refractivity contribution is -0.123. The molecule has 0 aliphatic carbocycles. The van der Waals surface area contributed by atoms with Crippen molar-refractivity contribution in [3.63, 3.8) is 0 Å². The maximum absolute atomic E-state index is 12.8. The summed E-state index contributed by atoms with van der Waals surface area (Å²) in [6.45, 7) is 5.20. The minimum atomic E-state index is -1.04. The first kappa shape index (κ1) is 23.4. The monoisotopic (exact) mass is 469 g/mol. The summed E-state index contributed by atoms with van der Waals surface area (Å²) in [5, 5.41) is 15.7. The molecule has 32 heavy (non-hydrogen) atoms. The van der Waals surface area contributed by atoms with E-state index in [1.807, 2.05) is 32.0 Å². The number of hydrogen-bond donors (Lipinski definition) is 1. The predicted octanol–water partition coefficient (Wildman–Crippen LogP) is 5.29.